The normalized spacial score (nSPS) is 11.8. The molecule has 2 N–H and O–H groups in total. The van der Waals surface area contributed by atoms with Gasteiger partial charge in [-0.3, -0.25) is 4.99 Å². The molecule has 7 nitrogen and oxygen atoms in total. The molecule has 26 heavy (non-hydrogen) atoms. The van der Waals surface area contributed by atoms with Crippen LogP contribution in [0.5, 0.6) is 5.75 Å². The van der Waals surface area contributed by atoms with Gasteiger partial charge in [-0.15, -0.1) is 24.0 Å². The second-order valence-electron chi connectivity index (χ2n) is 5.57. The molecule has 0 spiro atoms. The van der Waals surface area contributed by atoms with Crippen molar-refractivity contribution < 1.29 is 13.2 Å². The number of hydrogen-bond donors (Lipinski definition) is 2. The molecular weight excluding hydrogens is 467 g/mol. The van der Waals surface area contributed by atoms with Crippen molar-refractivity contribution in [2.75, 3.05) is 39.5 Å². The molecule has 9 heteroatoms. The predicted octanol–water partition coefficient (Wildman–Crippen LogP) is 1.96. The van der Waals surface area contributed by atoms with Crippen LogP contribution in [0.3, 0.4) is 0 Å². The van der Waals surface area contributed by atoms with Crippen molar-refractivity contribution in [1.82, 2.24) is 14.9 Å². The number of guanidine groups is 1. The lowest BCUT2D eigenvalue weighted by Gasteiger charge is -2.19. The van der Waals surface area contributed by atoms with Crippen molar-refractivity contribution in [3.63, 3.8) is 0 Å². The Hall–Kier alpha value is -1.07. The summed E-state index contributed by atoms with van der Waals surface area (Å²) in [5, 5.41) is 6.21. The Morgan fingerprint density at radius 2 is 1.88 bits per heavy atom. The molecule has 0 aliphatic carbocycles. The maximum absolute atomic E-state index is 12.2. The van der Waals surface area contributed by atoms with Crippen LogP contribution in [-0.2, 0) is 16.6 Å². The molecule has 0 radical (unpaired) electrons. The zero-order valence-electron chi connectivity index (χ0n) is 16.2. The lowest BCUT2D eigenvalue weighted by molar-refractivity contribution is 0.408. The molecule has 0 amide bonds. The fourth-order valence-electron chi connectivity index (χ4n) is 2.44. The van der Waals surface area contributed by atoms with Crippen molar-refractivity contribution in [2.45, 2.75) is 27.3 Å². The summed E-state index contributed by atoms with van der Waals surface area (Å²) in [5.41, 5.74) is 2.14. The number of hydrogen-bond acceptors (Lipinski definition) is 4. The van der Waals surface area contributed by atoms with E-state index >= 15 is 0 Å². The van der Waals surface area contributed by atoms with Crippen molar-refractivity contribution in [3.8, 4) is 5.75 Å². The summed E-state index contributed by atoms with van der Waals surface area (Å²) in [6.07, 6.45) is 0. The van der Waals surface area contributed by atoms with Gasteiger partial charge in [0.05, 0.1) is 12.9 Å². The van der Waals surface area contributed by atoms with Crippen LogP contribution in [0, 0.1) is 6.92 Å². The third kappa shape index (κ3) is 7.67. The lowest BCUT2D eigenvalue weighted by atomic mass is 10.1. The summed E-state index contributed by atoms with van der Waals surface area (Å²) in [5.74, 6) is 1.40. The van der Waals surface area contributed by atoms with Gasteiger partial charge in [0.1, 0.15) is 5.75 Å². The number of nitrogens with zero attached hydrogens (tertiary/aromatic N) is 2. The number of halogens is 1. The van der Waals surface area contributed by atoms with Crippen LogP contribution >= 0.6 is 24.0 Å². The highest BCUT2D eigenvalue weighted by molar-refractivity contribution is 14.0. The summed E-state index contributed by atoms with van der Waals surface area (Å²) in [7, 11) is 0.0548. The zero-order valence-corrected chi connectivity index (χ0v) is 19.4. The van der Waals surface area contributed by atoms with E-state index < -0.39 is 10.0 Å². The van der Waals surface area contributed by atoms with Crippen molar-refractivity contribution in [2.24, 2.45) is 4.99 Å². The van der Waals surface area contributed by atoms with E-state index in [0.717, 1.165) is 16.9 Å². The Labute approximate surface area is 174 Å². The molecule has 0 unspecified atom stereocenters. The van der Waals surface area contributed by atoms with Crippen molar-refractivity contribution >= 4 is 40.0 Å². The molecule has 0 heterocycles. The van der Waals surface area contributed by atoms with E-state index in [1.54, 1.807) is 14.2 Å². The molecule has 0 bridgehead atoms. The van der Waals surface area contributed by atoms with Gasteiger partial charge in [-0.1, -0.05) is 26.0 Å². The van der Waals surface area contributed by atoms with Gasteiger partial charge in [0, 0.05) is 38.8 Å². The fourth-order valence-corrected chi connectivity index (χ4v) is 3.85. The van der Waals surface area contributed by atoms with Gasteiger partial charge in [0.2, 0.25) is 10.0 Å². The molecule has 0 saturated carbocycles. The van der Waals surface area contributed by atoms with E-state index in [-0.39, 0.29) is 29.7 Å². The van der Waals surface area contributed by atoms with E-state index in [2.05, 4.69) is 15.6 Å². The first-order valence-corrected chi connectivity index (χ1v) is 10.0. The maximum Gasteiger partial charge on any atom is 0.215 e. The highest BCUT2D eigenvalue weighted by Gasteiger charge is 2.18. The summed E-state index contributed by atoms with van der Waals surface area (Å²) in [6.45, 7) is 7.48. The van der Waals surface area contributed by atoms with Crippen LogP contribution < -0.4 is 15.4 Å². The molecular formula is C17H31IN4O3S. The van der Waals surface area contributed by atoms with Crippen LogP contribution in [-0.4, -0.2) is 58.2 Å². The summed E-state index contributed by atoms with van der Waals surface area (Å²) < 4.78 is 31.2. The fraction of sp³-hybridized carbons (Fsp3) is 0.588. The van der Waals surface area contributed by atoms with Crippen LogP contribution in [0.15, 0.2) is 23.2 Å². The summed E-state index contributed by atoms with van der Waals surface area (Å²) in [6, 6.07) is 6.00. The largest absolute Gasteiger partial charge is 0.496 e. The standard InChI is InChI=1S/C17H30N4O3S.HI/c1-6-21(7-2)25(22,23)11-10-19-17(18-4)20-13-15-9-8-14(3)12-16(15)24-5;/h8-9,12H,6-7,10-11,13H2,1-5H3,(H2,18,19,20);1H. The third-order valence-electron chi connectivity index (χ3n) is 3.86. The average molecular weight is 498 g/mol. The van der Waals surface area contributed by atoms with Crippen LogP contribution in [0.25, 0.3) is 0 Å². The van der Waals surface area contributed by atoms with E-state index in [9.17, 15) is 8.42 Å². The number of nitrogens with one attached hydrogen (secondary N) is 2. The van der Waals surface area contributed by atoms with Crippen LogP contribution in [0.2, 0.25) is 0 Å². The smallest absolute Gasteiger partial charge is 0.215 e. The SMILES string of the molecule is CCN(CC)S(=O)(=O)CCNC(=NC)NCc1ccc(C)cc1OC.I. The molecule has 1 rings (SSSR count). The predicted molar refractivity (Wildman–Crippen MR) is 118 cm³/mol. The zero-order chi connectivity index (χ0) is 18.9. The summed E-state index contributed by atoms with van der Waals surface area (Å²) >= 11 is 0. The Kier molecular flexibility index (Phi) is 11.8. The second-order valence-corrected chi connectivity index (χ2v) is 7.66. The Balaban J connectivity index is 0.00000625. The quantitative estimate of drug-likeness (QED) is 0.309. The molecule has 0 aliphatic heterocycles. The minimum atomic E-state index is -3.24. The van der Waals surface area contributed by atoms with Crippen LogP contribution in [0.1, 0.15) is 25.0 Å². The maximum atomic E-state index is 12.2. The van der Waals surface area contributed by atoms with Gasteiger partial charge in [-0.2, -0.15) is 0 Å². The molecule has 150 valence electrons. The first kappa shape index (κ1) is 24.9. The topological polar surface area (TPSA) is 83.0 Å². The molecule has 1 aromatic rings. The molecule has 0 aromatic heterocycles. The van der Waals surface area contributed by atoms with E-state index in [4.69, 9.17) is 4.74 Å². The summed E-state index contributed by atoms with van der Waals surface area (Å²) in [4.78, 5) is 4.13. The number of ether oxygens (including phenoxy) is 1. The number of benzene rings is 1. The average Bonchev–Trinajstić information content (AvgIpc) is 2.59. The molecule has 1 aromatic carbocycles. The third-order valence-corrected chi connectivity index (χ3v) is 5.89. The highest BCUT2D eigenvalue weighted by atomic mass is 127. The van der Waals surface area contributed by atoms with Crippen LogP contribution in [0.4, 0.5) is 0 Å². The molecule has 0 saturated heterocycles. The number of aliphatic imine (C=N–C) groups is 1. The van der Waals surface area contributed by atoms with Gasteiger partial charge in [0.25, 0.3) is 0 Å². The van der Waals surface area contributed by atoms with Gasteiger partial charge in [-0.25, -0.2) is 12.7 Å². The van der Waals surface area contributed by atoms with E-state index in [1.807, 2.05) is 39.0 Å². The van der Waals surface area contributed by atoms with E-state index in [1.165, 1.54) is 4.31 Å². The number of sulfonamides is 1. The first-order chi connectivity index (χ1) is 11.9. The Morgan fingerprint density at radius 3 is 2.42 bits per heavy atom. The van der Waals surface area contributed by atoms with Crippen molar-refractivity contribution in [3.05, 3.63) is 29.3 Å². The van der Waals surface area contributed by atoms with Gasteiger partial charge in [0.15, 0.2) is 5.96 Å². The Morgan fingerprint density at radius 1 is 1.23 bits per heavy atom. The molecule has 0 fully saturated rings. The van der Waals surface area contributed by atoms with E-state index in [0.29, 0.717) is 32.1 Å². The molecule has 0 aliphatic rings. The second kappa shape index (κ2) is 12.3. The Bertz CT molecular complexity index is 677. The lowest BCUT2D eigenvalue weighted by Crippen LogP contribution is -2.41. The minimum Gasteiger partial charge on any atom is -0.496 e. The minimum absolute atomic E-state index is 0. The molecule has 0 atom stereocenters. The highest BCUT2D eigenvalue weighted by Crippen LogP contribution is 2.19. The van der Waals surface area contributed by atoms with Gasteiger partial charge < -0.3 is 15.4 Å². The first-order valence-electron chi connectivity index (χ1n) is 8.43. The number of rotatable bonds is 9. The van der Waals surface area contributed by atoms with Gasteiger partial charge >= 0.3 is 0 Å². The number of aryl methyl sites for hydroxylation is 1. The number of methoxy groups -OCH3 is 1. The monoisotopic (exact) mass is 498 g/mol. The van der Waals surface area contributed by atoms with Gasteiger partial charge in [-0.05, 0) is 18.6 Å². The van der Waals surface area contributed by atoms with Crippen molar-refractivity contribution in [1.29, 1.82) is 0 Å².